The van der Waals surface area contributed by atoms with E-state index in [0.29, 0.717) is 5.57 Å². The van der Waals surface area contributed by atoms with Crippen LogP contribution in [0.4, 0.5) is 4.39 Å². The van der Waals surface area contributed by atoms with Gasteiger partial charge in [0.25, 0.3) is 23.6 Å². The van der Waals surface area contributed by atoms with Crippen LogP contribution in [0.1, 0.15) is 24.3 Å². The number of halogens is 3. The Balaban J connectivity index is 1.76. The van der Waals surface area contributed by atoms with Crippen LogP contribution in [0.2, 0.25) is 0 Å². The van der Waals surface area contributed by atoms with Crippen LogP contribution in [0.3, 0.4) is 0 Å². The summed E-state index contributed by atoms with van der Waals surface area (Å²) < 4.78 is 14.3. The monoisotopic (exact) mass is 482 g/mol. The molecule has 0 bridgehead atoms. The van der Waals surface area contributed by atoms with E-state index in [1.807, 2.05) is 0 Å². The van der Waals surface area contributed by atoms with Crippen molar-refractivity contribution in [2.75, 3.05) is 7.05 Å². The molecule has 1 aromatic rings. The highest BCUT2D eigenvalue weighted by Gasteiger charge is 2.75. The predicted octanol–water partition coefficient (Wildman–Crippen LogP) is 1.91. The van der Waals surface area contributed by atoms with E-state index in [-0.39, 0.29) is 23.5 Å². The average Bonchev–Trinajstić information content (AvgIpc) is 3.05. The molecule has 2 aliphatic carbocycles. The van der Waals surface area contributed by atoms with E-state index in [1.54, 1.807) is 6.08 Å². The summed E-state index contributed by atoms with van der Waals surface area (Å²) >= 11 is 13.7. The zero-order chi connectivity index (χ0) is 23.3. The lowest BCUT2D eigenvalue weighted by Gasteiger charge is -2.50. The highest BCUT2D eigenvalue weighted by Crippen LogP contribution is 2.65. The Kier molecular flexibility index (Phi) is 4.35. The van der Waals surface area contributed by atoms with Gasteiger partial charge in [-0.2, -0.15) is 5.06 Å². The van der Waals surface area contributed by atoms with Gasteiger partial charge in [0.2, 0.25) is 0 Å². The molecule has 168 valence electrons. The maximum Gasteiger partial charge on any atom is 0.257 e. The van der Waals surface area contributed by atoms with E-state index >= 15 is 0 Å². The largest absolute Gasteiger partial charge is 0.505 e. The second-order valence-corrected chi connectivity index (χ2v) is 9.94. The molecule has 0 radical (unpaired) electrons. The first-order chi connectivity index (χ1) is 14.9. The molecule has 4 amide bonds. The molecular weight excluding hydrogens is 466 g/mol. The smallest absolute Gasteiger partial charge is 0.257 e. The van der Waals surface area contributed by atoms with E-state index in [9.17, 15) is 33.9 Å². The van der Waals surface area contributed by atoms with Gasteiger partial charge in [0, 0.05) is 13.0 Å². The molecule has 1 aromatic carbocycles. The number of hydrogen-bond acceptors (Lipinski definition) is 6. The van der Waals surface area contributed by atoms with Crippen molar-refractivity contribution in [1.82, 2.24) is 9.96 Å². The first-order valence-corrected chi connectivity index (χ1v) is 10.7. The number of imide groups is 2. The highest BCUT2D eigenvalue weighted by atomic mass is 35.5. The van der Waals surface area contributed by atoms with Gasteiger partial charge in [0.05, 0.1) is 11.8 Å². The Hall–Kier alpha value is -2.49. The van der Waals surface area contributed by atoms with Crippen molar-refractivity contribution in [1.29, 1.82) is 0 Å². The first-order valence-electron chi connectivity index (χ1n) is 9.90. The molecule has 1 saturated carbocycles. The van der Waals surface area contributed by atoms with Gasteiger partial charge in [-0.1, -0.05) is 17.7 Å². The Morgan fingerprint density at radius 1 is 1.09 bits per heavy atom. The molecule has 6 atom stereocenters. The molecule has 0 unspecified atom stereocenters. The molecule has 32 heavy (non-hydrogen) atoms. The topological polar surface area (TPSA) is 115 Å². The van der Waals surface area contributed by atoms with Crippen LogP contribution in [-0.4, -0.2) is 60.7 Å². The van der Waals surface area contributed by atoms with Gasteiger partial charge in [-0.15, -0.1) is 23.2 Å². The molecular formula is C21H17Cl2FN2O6. The van der Waals surface area contributed by atoms with Crippen molar-refractivity contribution in [2.45, 2.75) is 28.5 Å². The number of phenolic OH excluding ortho intramolecular Hbond substituents is 1. The average molecular weight is 483 g/mol. The predicted molar refractivity (Wildman–Crippen MR) is 107 cm³/mol. The van der Waals surface area contributed by atoms with Crippen LogP contribution < -0.4 is 0 Å². The molecule has 8 nitrogen and oxygen atoms in total. The van der Waals surface area contributed by atoms with E-state index in [0.717, 1.165) is 17.0 Å². The minimum absolute atomic E-state index is 0.0819. The SMILES string of the molecule is CN1C(=O)[C@]2(Cl)C[C@@H]3C(=CC[C@@H]4C(=O)N(O)C(=O)[C@@H]43)[C@H](c3ccc(O)c(F)c3)[C@]2(Cl)C1=O. The standard InChI is InChI=1S/C21H17Cl2FN2O6/c1-25-18(30)20(22)7-11-9(3-4-10-14(11)17(29)26(32)16(10)28)15(21(20,23)19(25)31)8-2-5-13(27)12(24)6-8/h2-3,5-6,10-11,14-15,27,32H,4,7H2,1H3/t10-,11+,14-,15-,20+,21-/m0/s1. The number of benzene rings is 1. The van der Waals surface area contributed by atoms with Crippen LogP contribution in [0.25, 0.3) is 0 Å². The summed E-state index contributed by atoms with van der Waals surface area (Å²) in [6, 6.07) is 3.48. The summed E-state index contributed by atoms with van der Waals surface area (Å²) in [5, 5.41) is 19.6. The van der Waals surface area contributed by atoms with E-state index in [4.69, 9.17) is 23.2 Å². The molecule has 2 aliphatic heterocycles. The fourth-order valence-corrected chi connectivity index (χ4v) is 6.82. The number of carbonyl (C=O) groups is 4. The summed E-state index contributed by atoms with van der Waals surface area (Å²) in [6.45, 7) is 0. The number of carbonyl (C=O) groups excluding carboxylic acids is 4. The Labute approximate surface area is 191 Å². The Morgan fingerprint density at radius 3 is 2.44 bits per heavy atom. The summed E-state index contributed by atoms with van der Waals surface area (Å²) in [5.74, 6) is -8.42. The minimum Gasteiger partial charge on any atom is -0.505 e. The number of fused-ring (bicyclic) bond motifs is 4. The summed E-state index contributed by atoms with van der Waals surface area (Å²) in [4.78, 5) is 48.2. The number of allylic oxidation sites excluding steroid dienone is 2. The van der Waals surface area contributed by atoms with Gasteiger partial charge in [-0.25, -0.2) is 4.39 Å². The third-order valence-corrected chi connectivity index (χ3v) is 8.71. The summed E-state index contributed by atoms with van der Waals surface area (Å²) in [5.41, 5.74) is 0.652. The number of aromatic hydroxyl groups is 1. The number of amides is 4. The lowest BCUT2D eigenvalue weighted by molar-refractivity contribution is -0.173. The second kappa shape index (κ2) is 6.52. The molecule has 2 saturated heterocycles. The van der Waals surface area contributed by atoms with Crippen molar-refractivity contribution in [2.24, 2.45) is 17.8 Å². The van der Waals surface area contributed by atoms with Gasteiger partial charge in [-0.3, -0.25) is 29.3 Å². The van der Waals surface area contributed by atoms with Crippen molar-refractivity contribution in [3.05, 3.63) is 41.2 Å². The second-order valence-electron chi connectivity index (χ2n) is 8.70. The number of likely N-dealkylation sites (tertiary alicyclic amines) is 1. The minimum atomic E-state index is -2.02. The van der Waals surface area contributed by atoms with Gasteiger partial charge < -0.3 is 5.11 Å². The van der Waals surface area contributed by atoms with Crippen LogP contribution in [0.15, 0.2) is 29.8 Å². The number of hydrogen-bond donors (Lipinski definition) is 2. The number of rotatable bonds is 1. The number of alkyl halides is 2. The molecule has 3 fully saturated rings. The van der Waals surface area contributed by atoms with Gasteiger partial charge in [-0.05, 0) is 36.5 Å². The Bertz CT molecular complexity index is 1160. The Morgan fingerprint density at radius 2 is 1.78 bits per heavy atom. The van der Waals surface area contributed by atoms with Crippen LogP contribution in [0.5, 0.6) is 5.75 Å². The zero-order valence-electron chi connectivity index (χ0n) is 16.6. The van der Waals surface area contributed by atoms with Crippen LogP contribution in [-0.2, 0) is 19.2 Å². The first kappa shape index (κ1) is 21.4. The molecule has 2 N–H and O–H groups in total. The lowest BCUT2D eigenvalue weighted by atomic mass is 9.56. The van der Waals surface area contributed by atoms with E-state index < -0.39 is 68.6 Å². The lowest BCUT2D eigenvalue weighted by Crippen LogP contribution is -2.60. The van der Waals surface area contributed by atoms with Gasteiger partial charge >= 0.3 is 0 Å². The van der Waals surface area contributed by atoms with Crippen molar-refractivity contribution in [3.63, 3.8) is 0 Å². The normalized spacial score (nSPS) is 38.6. The van der Waals surface area contributed by atoms with Crippen LogP contribution in [0, 0.1) is 23.6 Å². The number of phenols is 1. The van der Waals surface area contributed by atoms with E-state index in [1.165, 1.54) is 13.1 Å². The van der Waals surface area contributed by atoms with Crippen molar-refractivity contribution >= 4 is 46.8 Å². The zero-order valence-corrected chi connectivity index (χ0v) is 18.1. The third kappa shape index (κ3) is 2.31. The third-order valence-electron chi connectivity index (χ3n) is 7.30. The molecule has 0 spiro atoms. The quantitative estimate of drug-likeness (QED) is 0.273. The number of hydroxylamine groups is 2. The number of nitrogens with zero attached hydrogens (tertiary/aromatic N) is 2. The fourth-order valence-electron chi connectivity index (χ4n) is 5.80. The molecule has 2 heterocycles. The van der Waals surface area contributed by atoms with Gasteiger partial charge in [0.1, 0.15) is 0 Å². The van der Waals surface area contributed by atoms with E-state index in [2.05, 4.69) is 0 Å². The summed E-state index contributed by atoms with van der Waals surface area (Å²) in [7, 11) is 1.24. The van der Waals surface area contributed by atoms with Crippen molar-refractivity contribution < 1.29 is 33.9 Å². The molecule has 11 heteroatoms. The molecule has 0 aromatic heterocycles. The fraction of sp³-hybridized carbons (Fsp3) is 0.429. The van der Waals surface area contributed by atoms with Crippen molar-refractivity contribution in [3.8, 4) is 5.75 Å². The summed E-state index contributed by atoms with van der Waals surface area (Å²) in [6.07, 6.45) is 1.53. The molecule has 4 aliphatic rings. The highest BCUT2D eigenvalue weighted by molar-refractivity contribution is 6.53. The van der Waals surface area contributed by atoms with Crippen LogP contribution >= 0.6 is 23.2 Å². The maximum absolute atomic E-state index is 14.3. The maximum atomic E-state index is 14.3. The molecule has 5 rings (SSSR count). The van der Waals surface area contributed by atoms with Gasteiger partial charge in [0.15, 0.2) is 21.3 Å².